The molecule has 1 heterocycles. The van der Waals surface area contributed by atoms with E-state index < -0.39 is 0 Å². The largest absolute Gasteiger partial charge is 0.491 e. The number of aromatic nitrogens is 2. The molecule has 0 saturated heterocycles. The van der Waals surface area contributed by atoms with Crippen molar-refractivity contribution in [2.45, 2.75) is 52.9 Å². The minimum Gasteiger partial charge on any atom is -0.491 e. The highest BCUT2D eigenvalue weighted by atomic mass is 16.5. The SMILES string of the molecule is CCn1c(C(C)NCc2ccc(OC(C)C)cc2)nc2ccccc21. The molecule has 3 rings (SSSR count). The zero-order chi connectivity index (χ0) is 17.8. The van der Waals surface area contributed by atoms with Crippen molar-refractivity contribution in [2.75, 3.05) is 0 Å². The van der Waals surface area contributed by atoms with Gasteiger partial charge in [-0.3, -0.25) is 0 Å². The van der Waals surface area contributed by atoms with Gasteiger partial charge in [-0.25, -0.2) is 4.98 Å². The molecule has 2 aromatic carbocycles. The molecular formula is C21H27N3O. The molecule has 0 bridgehead atoms. The first kappa shape index (κ1) is 17.5. The van der Waals surface area contributed by atoms with Crippen LogP contribution in [0.5, 0.6) is 5.75 Å². The van der Waals surface area contributed by atoms with Crippen molar-refractivity contribution in [1.82, 2.24) is 14.9 Å². The summed E-state index contributed by atoms with van der Waals surface area (Å²) in [6.07, 6.45) is 0.200. The summed E-state index contributed by atoms with van der Waals surface area (Å²) in [7, 11) is 0. The van der Waals surface area contributed by atoms with Gasteiger partial charge >= 0.3 is 0 Å². The molecule has 4 heteroatoms. The average Bonchev–Trinajstić information content (AvgIpc) is 2.99. The lowest BCUT2D eigenvalue weighted by Crippen LogP contribution is -2.21. The van der Waals surface area contributed by atoms with Gasteiger partial charge in [0.1, 0.15) is 11.6 Å². The maximum atomic E-state index is 5.69. The number of nitrogens with zero attached hydrogens (tertiary/aromatic N) is 2. The second-order valence-electron chi connectivity index (χ2n) is 6.62. The number of ether oxygens (including phenoxy) is 1. The van der Waals surface area contributed by atoms with Gasteiger partial charge in [-0.1, -0.05) is 24.3 Å². The topological polar surface area (TPSA) is 39.1 Å². The Morgan fingerprint density at radius 2 is 1.76 bits per heavy atom. The molecule has 0 aliphatic rings. The van der Waals surface area contributed by atoms with Crippen molar-refractivity contribution in [3.63, 3.8) is 0 Å². The van der Waals surface area contributed by atoms with Crippen LogP contribution in [-0.2, 0) is 13.1 Å². The molecular weight excluding hydrogens is 310 g/mol. The highest BCUT2D eigenvalue weighted by Gasteiger charge is 2.15. The molecule has 0 saturated carbocycles. The Kier molecular flexibility index (Phi) is 5.39. The quantitative estimate of drug-likeness (QED) is 0.679. The number of hydrogen-bond donors (Lipinski definition) is 1. The number of hydrogen-bond acceptors (Lipinski definition) is 3. The summed E-state index contributed by atoms with van der Waals surface area (Å²) in [6, 6.07) is 16.8. The van der Waals surface area contributed by atoms with Gasteiger partial charge in [-0.15, -0.1) is 0 Å². The molecule has 132 valence electrons. The van der Waals surface area contributed by atoms with Gasteiger partial charge in [0.2, 0.25) is 0 Å². The van der Waals surface area contributed by atoms with E-state index in [1.165, 1.54) is 11.1 Å². The maximum Gasteiger partial charge on any atom is 0.126 e. The fraction of sp³-hybridized carbons (Fsp3) is 0.381. The third-order valence-corrected chi connectivity index (χ3v) is 4.30. The average molecular weight is 337 g/mol. The lowest BCUT2D eigenvalue weighted by molar-refractivity contribution is 0.242. The number of imidazole rings is 1. The Morgan fingerprint density at radius 3 is 2.44 bits per heavy atom. The summed E-state index contributed by atoms with van der Waals surface area (Å²) < 4.78 is 7.98. The second kappa shape index (κ2) is 7.70. The lowest BCUT2D eigenvalue weighted by atomic mass is 10.2. The van der Waals surface area contributed by atoms with Crippen LogP contribution in [0.15, 0.2) is 48.5 Å². The van der Waals surface area contributed by atoms with Gasteiger partial charge in [0.25, 0.3) is 0 Å². The highest BCUT2D eigenvalue weighted by molar-refractivity contribution is 5.76. The molecule has 0 amide bonds. The molecule has 0 radical (unpaired) electrons. The number of para-hydroxylation sites is 2. The summed E-state index contributed by atoms with van der Waals surface area (Å²) in [6.45, 7) is 10.1. The van der Waals surface area contributed by atoms with Crippen LogP contribution in [0, 0.1) is 0 Å². The minimum absolute atomic E-state index is 0.180. The highest BCUT2D eigenvalue weighted by Crippen LogP contribution is 2.21. The number of fused-ring (bicyclic) bond motifs is 1. The monoisotopic (exact) mass is 337 g/mol. The van der Waals surface area contributed by atoms with Gasteiger partial charge in [0.15, 0.2) is 0 Å². The fourth-order valence-electron chi connectivity index (χ4n) is 3.08. The van der Waals surface area contributed by atoms with Crippen LogP contribution in [0.25, 0.3) is 11.0 Å². The van der Waals surface area contributed by atoms with Gasteiger partial charge in [0, 0.05) is 13.1 Å². The molecule has 25 heavy (non-hydrogen) atoms. The van der Waals surface area contributed by atoms with Gasteiger partial charge in [-0.2, -0.15) is 0 Å². The van der Waals surface area contributed by atoms with E-state index in [-0.39, 0.29) is 12.1 Å². The molecule has 1 N–H and O–H groups in total. The van der Waals surface area contributed by atoms with Crippen molar-refractivity contribution in [1.29, 1.82) is 0 Å². The third kappa shape index (κ3) is 4.02. The Morgan fingerprint density at radius 1 is 1.04 bits per heavy atom. The van der Waals surface area contributed by atoms with Crippen LogP contribution in [0.3, 0.4) is 0 Å². The van der Waals surface area contributed by atoms with Crippen molar-refractivity contribution in [3.05, 3.63) is 59.9 Å². The summed E-state index contributed by atoms with van der Waals surface area (Å²) >= 11 is 0. The number of benzene rings is 2. The van der Waals surface area contributed by atoms with Gasteiger partial charge in [0.05, 0.1) is 23.2 Å². The second-order valence-corrected chi connectivity index (χ2v) is 6.62. The first-order valence-electron chi connectivity index (χ1n) is 9.02. The van der Waals surface area contributed by atoms with E-state index in [2.05, 4.69) is 54.1 Å². The van der Waals surface area contributed by atoms with E-state index in [9.17, 15) is 0 Å². The summed E-state index contributed by atoms with van der Waals surface area (Å²) in [5, 5.41) is 3.59. The predicted molar refractivity (Wildman–Crippen MR) is 103 cm³/mol. The number of aryl methyl sites for hydroxylation is 1. The number of nitrogens with one attached hydrogen (secondary N) is 1. The first-order valence-corrected chi connectivity index (χ1v) is 9.02. The predicted octanol–water partition coefficient (Wildman–Crippen LogP) is 4.69. The third-order valence-electron chi connectivity index (χ3n) is 4.30. The summed E-state index contributed by atoms with van der Waals surface area (Å²) in [4.78, 5) is 4.82. The van der Waals surface area contributed by atoms with E-state index in [0.717, 1.165) is 30.2 Å². The molecule has 0 aliphatic heterocycles. The molecule has 0 aliphatic carbocycles. The molecule has 1 atom stereocenters. The van der Waals surface area contributed by atoms with Crippen LogP contribution in [0.4, 0.5) is 0 Å². The molecule has 0 spiro atoms. The Bertz CT molecular complexity index is 821. The van der Waals surface area contributed by atoms with E-state index in [1.54, 1.807) is 0 Å². The molecule has 4 nitrogen and oxygen atoms in total. The normalized spacial score (nSPS) is 12.7. The zero-order valence-electron chi connectivity index (χ0n) is 15.5. The summed E-state index contributed by atoms with van der Waals surface area (Å²) in [5.74, 6) is 2.00. The van der Waals surface area contributed by atoms with E-state index in [4.69, 9.17) is 9.72 Å². The standard InChI is InChI=1S/C21H27N3O/c1-5-24-20-9-7-6-8-19(20)23-21(24)16(4)22-14-17-10-12-18(13-11-17)25-15(2)3/h6-13,15-16,22H,5,14H2,1-4H3. The maximum absolute atomic E-state index is 5.69. The van der Waals surface area contributed by atoms with Crippen LogP contribution < -0.4 is 10.1 Å². The van der Waals surface area contributed by atoms with Crippen LogP contribution in [0.1, 0.15) is 45.1 Å². The van der Waals surface area contributed by atoms with E-state index in [1.807, 2.05) is 32.0 Å². The van der Waals surface area contributed by atoms with E-state index in [0.29, 0.717) is 0 Å². The molecule has 3 aromatic rings. The minimum atomic E-state index is 0.180. The molecule has 1 aromatic heterocycles. The van der Waals surface area contributed by atoms with E-state index >= 15 is 0 Å². The number of rotatable bonds is 7. The van der Waals surface area contributed by atoms with Crippen LogP contribution in [0.2, 0.25) is 0 Å². The van der Waals surface area contributed by atoms with Crippen LogP contribution in [-0.4, -0.2) is 15.7 Å². The van der Waals surface area contributed by atoms with Crippen molar-refractivity contribution in [3.8, 4) is 5.75 Å². The summed E-state index contributed by atoms with van der Waals surface area (Å²) in [5.41, 5.74) is 3.49. The van der Waals surface area contributed by atoms with Crippen molar-refractivity contribution < 1.29 is 4.74 Å². The Hall–Kier alpha value is -2.33. The van der Waals surface area contributed by atoms with Crippen molar-refractivity contribution in [2.24, 2.45) is 0 Å². The smallest absolute Gasteiger partial charge is 0.126 e. The molecule has 0 fully saturated rings. The zero-order valence-corrected chi connectivity index (χ0v) is 15.5. The van der Waals surface area contributed by atoms with Crippen molar-refractivity contribution >= 4 is 11.0 Å². The Labute approximate surface area is 149 Å². The van der Waals surface area contributed by atoms with Gasteiger partial charge in [-0.05, 0) is 57.5 Å². The fourth-order valence-corrected chi connectivity index (χ4v) is 3.08. The Balaban J connectivity index is 1.69. The molecule has 1 unspecified atom stereocenters. The lowest BCUT2D eigenvalue weighted by Gasteiger charge is -2.16. The first-order chi connectivity index (χ1) is 12.1. The van der Waals surface area contributed by atoms with Gasteiger partial charge < -0.3 is 14.6 Å². The van der Waals surface area contributed by atoms with Crippen LogP contribution >= 0.6 is 0 Å².